The van der Waals surface area contributed by atoms with Crippen LogP contribution in [-0.4, -0.2) is 19.0 Å². The number of rotatable bonds is 6. The summed E-state index contributed by atoms with van der Waals surface area (Å²) in [4.78, 5) is 22.0. The van der Waals surface area contributed by atoms with Crippen LogP contribution >= 0.6 is 0 Å². The van der Waals surface area contributed by atoms with Crippen molar-refractivity contribution in [2.45, 2.75) is 39.5 Å². The minimum atomic E-state index is -0.520. The minimum absolute atomic E-state index is 0.267. The van der Waals surface area contributed by atoms with Crippen molar-refractivity contribution in [2.24, 2.45) is 0 Å². The molecular weight excluding hydrogens is 196 g/mol. The van der Waals surface area contributed by atoms with Crippen LogP contribution in [0, 0.1) is 0 Å². The van der Waals surface area contributed by atoms with Gasteiger partial charge >= 0.3 is 11.9 Å². The Labute approximate surface area is 90.2 Å². The van der Waals surface area contributed by atoms with Gasteiger partial charge in [0.1, 0.15) is 5.76 Å². The molecule has 0 saturated carbocycles. The van der Waals surface area contributed by atoms with Gasteiger partial charge in [0.15, 0.2) is 0 Å². The topological polar surface area (TPSA) is 52.6 Å². The highest BCUT2D eigenvalue weighted by Gasteiger charge is 2.05. The van der Waals surface area contributed by atoms with Crippen LogP contribution in [0.3, 0.4) is 0 Å². The van der Waals surface area contributed by atoms with Crippen molar-refractivity contribution < 1.29 is 19.1 Å². The number of hydrogen-bond donors (Lipinski definition) is 0. The Hall–Kier alpha value is -1.32. The van der Waals surface area contributed by atoms with E-state index in [9.17, 15) is 9.59 Å². The Balaban J connectivity index is 3.85. The van der Waals surface area contributed by atoms with Crippen molar-refractivity contribution in [3.63, 3.8) is 0 Å². The molecule has 0 aliphatic heterocycles. The minimum Gasteiger partial charge on any atom is -0.466 e. The van der Waals surface area contributed by atoms with Crippen LogP contribution in [0.25, 0.3) is 0 Å². The average molecular weight is 214 g/mol. The molecule has 4 nitrogen and oxygen atoms in total. The fourth-order valence-electron chi connectivity index (χ4n) is 1.00. The van der Waals surface area contributed by atoms with Crippen molar-refractivity contribution in [1.29, 1.82) is 0 Å². The van der Waals surface area contributed by atoms with E-state index in [1.807, 2.05) is 0 Å². The number of carbonyl (C=O) groups is 2. The number of carbonyl (C=O) groups excluding carboxylic acids is 2. The van der Waals surface area contributed by atoms with Gasteiger partial charge in [-0.2, -0.15) is 0 Å². The highest BCUT2D eigenvalue weighted by Crippen LogP contribution is 2.04. The third-order valence-corrected chi connectivity index (χ3v) is 1.78. The normalized spacial score (nSPS) is 11.0. The van der Waals surface area contributed by atoms with E-state index in [2.05, 4.69) is 11.7 Å². The van der Waals surface area contributed by atoms with Gasteiger partial charge in [0.05, 0.1) is 13.2 Å². The summed E-state index contributed by atoms with van der Waals surface area (Å²) in [7, 11) is 1.27. The summed E-state index contributed by atoms with van der Waals surface area (Å²) in [6, 6.07) is 0. The Morgan fingerprint density at radius 3 is 2.47 bits per heavy atom. The van der Waals surface area contributed by atoms with Crippen LogP contribution in [0.2, 0.25) is 0 Å². The van der Waals surface area contributed by atoms with E-state index in [-0.39, 0.29) is 11.7 Å². The molecule has 0 aromatic heterocycles. The second kappa shape index (κ2) is 8.03. The number of hydrogen-bond acceptors (Lipinski definition) is 4. The van der Waals surface area contributed by atoms with Gasteiger partial charge in [-0.3, -0.25) is 4.79 Å². The zero-order valence-corrected chi connectivity index (χ0v) is 9.54. The second-order valence-electron chi connectivity index (χ2n) is 3.21. The first-order valence-corrected chi connectivity index (χ1v) is 5.07. The lowest BCUT2D eigenvalue weighted by molar-refractivity contribution is -0.139. The molecule has 0 amide bonds. The van der Waals surface area contributed by atoms with E-state index in [1.54, 1.807) is 6.92 Å². The summed E-state index contributed by atoms with van der Waals surface area (Å²) in [6.45, 7) is 3.61. The zero-order chi connectivity index (χ0) is 11.7. The first kappa shape index (κ1) is 13.7. The predicted octanol–water partition coefficient (Wildman–Crippen LogP) is 2.19. The summed E-state index contributed by atoms with van der Waals surface area (Å²) in [6.07, 6.45) is 4.43. The molecule has 0 radical (unpaired) electrons. The largest absolute Gasteiger partial charge is 0.466 e. The van der Waals surface area contributed by atoms with Crippen molar-refractivity contribution in [2.75, 3.05) is 7.11 Å². The molecule has 0 aliphatic carbocycles. The lowest BCUT2D eigenvalue weighted by Gasteiger charge is -2.03. The van der Waals surface area contributed by atoms with Gasteiger partial charge in [-0.1, -0.05) is 19.8 Å². The number of ether oxygens (including phenoxy) is 2. The van der Waals surface area contributed by atoms with E-state index in [0.717, 1.165) is 25.3 Å². The zero-order valence-electron chi connectivity index (χ0n) is 9.54. The molecule has 0 saturated heterocycles. The maximum Gasteiger partial charge on any atom is 0.333 e. The standard InChI is InChI=1S/C11H18O4/c1-4-5-6-7-10(12)15-9(2)8-11(13)14-3/h8H,4-7H2,1-3H3/b9-8-. The molecular formula is C11H18O4. The van der Waals surface area contributed by atoms with Crippen LogP contribution in [0.1, 0.15) is 39.5 Å². The summed E-state index contributed by atoms with van der Waals surface area (Å²) >= 11 is 0. The number of esters is 2. The highest BCUT2D eigenvalue weighted by atomic mass is 16.5. The molecule has 15 heavy (non-hydrogen) atoms. The van der Waals surface area contributed by atoms with Crippen molar-refractivity contribution in [3.8, 4) is 0 Å². The van der Waals surface area contributed by atoms with Gasteiger partial charge < -0.3 is 9.47 Å². The van der Waals surface area contributed by atoms with Crippen LogP contribution in [-0.2, 0) is 19.1 Å². The molecule has 4 heteroatoms. The van der Waals surface area contributed by atoms with Crippen LogP contribution in [0.4, 0.5) is 0 Å². The molecule has 0 unspecified atom stereocenters. The van der Waals surface area contributed by atoms with E-state index in [4.69, 9.17) is 4.74 Å². The van der Waals surface area contributed by atoms with Gasteiger partial charge in [-0.15, -0.1) is 0 Å². The molecule has 0 spiro atoms. The third kappa shape index (κ3) is 7.73. The van der Waals surface area contributed by atoms with Crippen LogP contribution in [0.15, 0.2) is 11.8 Å². The van der Waals surface area contributed by atoms with E-state index >= 15 is 0 Å². The molecule has 0 fully saturated rings. The molecule has 0 atom stereocenters. The average Bonchev–Trinajstić information content (AvgIpc) is 2.17. The van der Waals surface area contributed by atoms with Gasteiger partial charge in [0.25, 0.3) is 0 Å². The summed E-state index contributed by atoms with van der Waals surface area (Å²) < 4.78 is 9.29. The van der Waals surface area contributed by atoms with E-state index in [1.165, 1.54) is 7.11 Å². The van der Waals surface area contributed by atoms with Gasteiger partial charge in [0, 0.05) is 6.42 Å². The van der Waals surface area contributed by atoms with Crippen LogP contribution < -0.4 is 0 Å². The lowest BCUT2D eigenvalue weighted by Crippen LogP contribution is -2.05. The Morgan fingerprint density at radius 1 is 1.27 bits per heavy atom. The maximum atomic E-state index is 11.2. The SMILES string of the molecule is CCCCCC(=O)O/C(C)=C\C(=O)OC. The molecule has 0 aromatic rings. The van der Waals surface area contributed by atoms with Gasteiger partial charge in [-0.05, 0) is 13.3 Å². The molecule has 0 N–H and O–H groups in total. The van der Waals surface area contributed by atoms with Crippen molar-refractivity contribution in [3.05, 3.63) is 11.8 Å². The monoisotopic (exact) mass is 214 g/mol. The summed E-state index contributed by atoms with van der Waals surface area (Å²) in [5.41, 5.74) is 0. The van der Waals surface area contributed by atoms with Crippen molar-refractivity contribution >= 4 is 11.9 Å². The third-order valence-electron chi connectivity index (χ3n) is 1.78. The molecule has 0 bridgehead atoms. The summed E-state index contributed by atoms with van der Waals surface area (Å²) in [5, 5.41) is 0. The molecule has 0 rings (SSSR count). The van der Waals surface area contributed by atoms with Crippen molar-refractivity contribution in [1.82, 2.24) is 0 Å². The van der Waals surface area contributed by atoms with E-state index in [0.29, 0.717) is 6.42 Å². The number of unbranched alkanes of at least 4 members (excludes halogenated alkanes) is 2. The fraction of sp³-hybridized carbons (Fsp3) is 0.636. The number of allylic oxidation sites excluding steroid dienone is 1. The fourth-order valence-corrected chi connectivity index (χ4v) is 1.00. The smallest absolute Gasteiger partial charge is 0.333 e. The molecule has 86 valence electrons. The second-order valence-corrected chi connectivity index (χ2v) is 3.21. The first-order valence-electron chi connectivity index (χ1n) is 5.07. The van der Waals surface area contributed by atoms with E-state index < -0.39 is 5.97 Å². The highest BCUT2D eigenvalue weighted by molar-refractivity contribution is 5.83. The first-order chi connectivity index (χ1) is 7.10. The predicted molar refractivity (Wildman–Crippen MR) is 56.0 cm³/mol. The van der Waals surface area contributed by atoms with Crippen LogP contribution in [0.5, 0.6) is 0 Å². The summed E-state index contributed by atoms with van der Waals surface area (Å²) in [5.74, 6) is -0.557. The maximum absolute atomic E-state index is 11.2. The van der Waals surface area contributed by atoms with Gasteiger partial charge in [-0.25, -0.2) is 4.79 Å². The van der Waals surface area contributed by atoms with Gasteiger partial charge in [0.2, 0.25) is 0 Å². The Kier molecular flexibility index (Phi) is 7.32. The number of methoxy groups -OCH3 is 1. The molecule has 0 heterocycles. The lowest BCUT2D eigenvalue weighted by atomic mass is 10.2. The Morgan fingerprint density at radius 2 is 1.93 bits per heavy atom. The quantitative estimate of drug-likeness (QED) is 0.294. The Bertz CT molecular complexity index is 243. The molecule has 0 aliphatic rings. The molecule has 0 aromatic carbocycles.